The molecule has 2 nitrogen and oxygen atoms in total. The van der Waals surface area contributed by atoms with Crippen LogP contribution in [0.4, 0.5) is 13.2 Å². The highest BCUT2D eigenvalue weighted by Gasteiger charge is 2.40. The van der Waals surface area contributed by atoms with Crippen LogP contribution >= 0.6 is 23.2 Å². The molecule has 0 saturated carbocycles. The lowest BCUT2D eigenvalue weighted by Gasteiger charge is -2.10. The first-order chi connectivity index (χ1) is 9.27. The van der Waals surface area contributed by atoms with E-state index in [9.17, 15) is 13.2 Å². The van der Waals surface area contributed by atoms with Gasteiger partial charge in [-0.05, 0) is 17.7 Å². The van der Waals surface area contributed by atoms with Crippen molar-refractivity contribution in [2.75, 3.05) is 0 Å². The molecule has 0 fully saturated rings. The van der Waals surface area contributed by atoms with Crippen LogP contribution in [0.1, 0.15) is 11.3 Å². The minimum Gasteiger partial charge on any atom is -0.338 e. The average molecular weight is 319 g/mol. The molecule has 0 aliphatic carbocycles. The number of hydrogen-bond donors (Lipinski definition) is 0. The van der Waals surface area contributed by atoms with E-state index in [1.807, 2.05) is 0 Å². The SMILES string of the molecule is Cn1c(-c2ccc(Cl)cc2)c(C#N)c(Cl)c1C(F)(F)F. The van der Waals surface area contributed by atoms with Gasteiger partial charge in [0.25, 0.3) is 0 Å². The number of halogens is 5. The predicted octanol–water partition coefficient (Wildman–Crippen LogP) is 4.89. The van der Waals surface area contributed by atoms with Crippen LogP contribution < -0.4 is 0 Å². The summed E-state index contributed by atoms with van der Waals surface area (Å²) in [4.78, 5) is 0. The van der Waals surface area contributed by atoms with Gasteiger partial charge in [-0.25, -0.2) is 0 Å². The highest BCUT2D eigenvalue weighted by atomic mass is 35.5. The van der Waals surface area contributed by atoms with E-state index >= 15 is 0 Å². The summed E-state index contributed by atoms with van der Waals surface area (Å²) < 4.78 is 39.8. The van der Waals surface area contributed by atoms with Crippen molar-refractivity contribution < 1.29 is 13.2 Å². The van der Waals surface area contributed by atoms with Crippen molar-refractivity contribution in [1.82, 2.24) is 4.57 Å². The lowest BCUT2D eigenvalue weighted by molar-refractivity contribution is -0.142. The Hall–Kier alpha value is -1.64. The van der Waals surface area contributed by atoms with Crippen molar-refractivity contribution in [2.45, 2.75) is 6.18 Å². The Balaban J connectivity index is 2.78. The molecule has 0 aliphatic rings. The molecular weight excluding hydrogens is 312 g/mol. The molecule has 0 atom stereocenters. The molecular formula is C13H7Cl2F3N2. The zero-order valence-corrected chi connectivity index (χ0v) is 11.6. The van der Waals surface area contributed by atoms with Gasteiger partial charge in [-0.3, -0.25) is 0 Å². The zero-order chi connectivity index (χ0) is 15.1. The molecule has 0 radical (unpaired) electrons. The normalized spacial score (nSPS) is 11.4. The van der Waals surface area contributed by atoms with E-state index in [1.54, 1.807) is 6.07 Å². The Kier molecular flexibility index (Phi) is 3.72. The van der Waals surface area contributed by atoms with Gasteiger partial charge in [0, 0.05) is 12.1 Å². The van der Waals surface area contributed by atoms with Crippen molar-refractivity contribution in [3.63, 3.8) is 0 Å². The number of benzene rings is 1. The standard InChI is InChI=1S/C13H7Cl2F3N2/c1-20-11(7-2-4-8(14)5-3-7)9(6-19)10(15)12(20)13(16,17)18/h2-5H,1H3. The topological polar surface area (TPSA) is 28.7 Å². The first kappa shape index (κ1) is 14.8. The smallest absolute Gasteiger partial charge is 0.338 e. The molecule has 0 amide bonds. The minimum atomic E-state index is -4.64. The van der Waals surface area contributed by atoms with Gasteiger partial charge >= 0.3 is 6.18 Å². The molecule has 7 heteroatoms. The van der Waals surface area contributed by atoms with Crippen molar-refractivity contribution in [2.24, 2.45) is 7.05 Å². The molecule has 104 valence electrons. The van der Waals surface area contributed by atoms with Gasteiger partial charge in [-0.2, -0.15) is 18.4 Å². The molecule has 0 spiro atoms. The van der Waals surface area contributed by atoms with Crippen LogP contribution in [0, 0.1) is 11.3 Å². The maximum Gasteiger partial charge on any atom is 0.432 e. The van der Waals surface area contributed by atoms with Gasteiger partial charge in [-0.15, -0.1) is 0 Å². The second kappa shape index (κ2) is 5.04. The minimum absolute atomic E-state index is 0.112. The summed E-state index contributed by atoms with van der Waals surface area (Å²) in [5.41, 5.74) is -0.697. The fourth-order valence-electron chi connectivity index (χ4n) is 2.01. The molecule has 20 heavy (non-hydrogen) atoms. The molecule has 2 rings (SSSR count). The van der Waals surface area contributed by atoms with E-state index in [-0.39, 0.29) is 11.3 Å². The van der Waals surface area contributed by atoms with Crippen molar-refractivity contribution in [1.29, 1.82) is 5.26 Å². The fraction of sp³-hybridized carbons (Fsp3) is 0.154. The van der Waals surface area contributed by atoms with Crippen LogP contribution in [0.15, 0.2) is 24.3 Å². The van der Waals surface area contributed by atoms with Crippen molar-refractivity contribution in [3.8, 4) is 17.3 Å². The van der Waals surface area contributed by atoms with E-state index < -0.39 is 16.9 Å². The van der Waals surface area contributed by atoms with Gasteiger partial charge in [0.05, 0.1) is 16.3 Å². The van der Waals surface area contributed by atoms with Gasteiger partial charge in [0.1, 0.15) is 11.8 Å². The Morgan fingerprint density at radius 2 is 1.70 bits per heavy atom. The lowest BCUT2D eigenvalue weighted by Crippen LogP contribution is -2.12. The van der Waals surface area contributed by atoms with Gasteiger partial charge in [0.2, 0.25) is 0 Å². The van der Waals surface area contributed by atoms with Gasteiger partial charge < -0.3 is 4.57 Å². The summed E-state index contributed by atoms with van der Waals surface area (Å²) in [6.45, 7) is 0. The average Bonchev–Trinajstić information content (AvgIpc) is 2.60. The third-order valence-corrected chi connectivity index (χ3v) is 3.45. The lowest BCUT2D eigenvalue weighted by atomic mass is 10.1. The molecule has 0 aliphatic heterocycles. The fourth-order valence-corrected chi connectivity index (χ4v) is 2.50. The maximum absolute atomic E-state index is 13.0. The zero-order valence-electron chi connectivity index (χ0n) is 10.1. The van der Waals surface area contributed by atoms with Crippen LogP contribution in [-0.4, -0.2) is 4.57 Å². The van der Waals surface area contributed by atoms with Crippen LogP contribution in [0.2, 0.25) is 10.0 Å². The summed E-state index contributed by atoms with van der Waals surface area (Å²) in [5, 5.41) is 8.93. The highest BCUT2D eigenvalue weighted by Crippen LogP contribution is 2.42. The van der Waals surface area contributed by atoms with E-state index in [0.29, 0.717) is 10.6 Å². The molecule has 1 aromatic carbocycles. The summed E-state index contributed by atoms with van der Waals surface area (Å²) in [5.74, 6) is 0. The van der Waals surface area contributed by atoms with Crippen LogP contribution in [0.25, 0.3) is 11.3 Å². The highest BCUT2D eigenvalue weighted by molar-refractivity contribution is 6.33. The number of alkyl halides is 3. The quantitative estimate of drug-likeness (QED) is 0.736. The second-order valence-electron chi connectivity index (χ2n) is 4.06. The Bertz CT molecular complexity index is 694. The van der Waals surface area contributed by atoms with E-state index in [4.69, 9.17) is 28.5 Å². The summed E-state index contributed by atoms with van der Waals surface area (Å²) in [6.07, 6.45) is -4.64. The number of rotatable bonds is 1. The predicted molar refractivity (Wildman–Crippen MR) is 70.6 cm³/mol. The number of nitrogens with zero attached hydrogens (tertiary/aromatic N) is 2. The van der Waals surface area contributed by atoms with E-state index in [1.165, 1.54) is 31.3 Å². The van der Waals surface area contributed by atoms with Crippen molar-refractivity contribution in [3.05, 3.63) is 45.6 Å². The molecule has 2 aromatic rings. The molecule has 0 saturated heterocycles. The van der Waals surface area contributed by atoms with E-state index in [2.05, 4.69) is 0 Å². The van der Waals surface area contributed by atoms with Crippen molar-refractivity contribution >= 4 is 23.2 Å². The largest absolute Gasteiger partial charge is 0.432 e. The summed E-state index contributed by atoms with van der Waals surface area (Å²) in [6, 6.07) is 7.87. The number of aromatic nitrogens is 1. The maximum atomic E-state index is 13.0. The first-order valence-electron chi connectivity index (χ1n) is 5.38. The molecule has 0 unspecified atom stereocenters. The Labute approximate surface area is 122 Å². The van der Waals surface area contributed by atoms with E-state index in [0.717, 1.165) is 4.57 Å². The van der Waals surface area contributed by atoms with Crippen LogP contribution in [0.5, 0.6) is 0 Å². The summed E-state index contributed by atoms with van der Waals surface area (Å²) in [7, 11) is 1.22. The Morgan fingerprint density at radius 3 is 2.15 bits per heavy atom. The number of hydrogen-bond acceptors (Lipinski definition) is 1. The van der Waals surface area contributed by atoms with Crippen LogP contribution in [-0.2, 0) is 13.2 Å². The molecule has 1 heterocycles. The third kappa shape index (κ3) is 2.37. The number of nitriles is 1. The molecule has 0 N–H and O–H groups in total. The third-order valence-electron chi connectivity index (χ3n) is 2.83. The van der Waals surface area contributed by atoms with Gasteiger partial charge in [0.15, 0.2) is 0 Å². The summed E-state index contributed by atoms with van der Waals surface area (Å²) >= 11 is 11.5. The Morgan fingerprint density at radius 1 is 1.15 bits per heavy atom. The van der Waals surface area contributed by atoms with Gasteiger partial charge in [-0.1, -0.05) is 35.3 Å². The monoisotopic (exact) mass is 318 g/mol. The van der Waals surface area contributed by atoms with Crippen LogP contribution in [0.3, 0.4) is 0 Å². The molecule has 1 aromatic heterocycles. The molecule has 0 bridgehead atoms. The first-order valence-corrected chi connectivity index (χ1v) is 6.14. The second-order valence-corrected chi connectivity index (χ2v) is 4.88.